The lowest BCUT2D eigenvalue weighted by Gasteiger charge is -2.25. The van der Waals surface area contributed by atoms with Crippen molar-refractivity contribution in [2.24, 2.45) is 7.05 Å². The Hall–Kier alpha value is -2.89. The zero-order valence-electron chi connectivity index (χ0n) is 13.7. The third-order valence-electron chi connectivity index (χ3n) is 4.50. The minimum absolute atomic E-state index is 0.267. The Kier molecular flexibility index (Phi) is 3.97. The molecule has 1 fully saturated rings. The van der Waals surface area contributed by atoms with Gasteiger partial charge in [-0.15, -0.1) is 0 Å². The van der Waals surface area contributed by atoms with Crippen LogP contribution in [0.5, 0.6) is 0 Å². The van der Waals surface area contributed by atoms with Crippen molar-refractivity contribution in [3.05, 3.63) is 59.9 Å². The number of hydrogen-bond donors (Lipinski definition) is 1. The largest absolute Gasteiger partial charge is 0.348 e. The zero-order chi connectivity index (χ0) is 17.3. The smallest absolute Gasteiger partial charge is 0.325 e. The van der Waals surface area contributed by atoms with Gasteiger partial charge >= 0.3 is 6.03 Å². The number of amides is 3. The van der Waals surface area contributed by atoms with E-state index in [0.717, 1.165) is 10.5 Å². The summed E-state index contributed by atoms with van der Waals surface area (Å²) in [6, 6.07) is 12.0. The van der Waals surface area contributed by atoms with Gasteiger partial charge in [-0.3, -0.25) is 14.5 Å². The second-order valence-electron chi connectivity index (χ2n) is 5.87. The molecule has 1 aliphatic rings. The SMILES string of the molecule is CC[C@]1(c2ccccc2)NC(=O)N(CC(=O)c2cccn2C)C1=O. The standard InChI is InChI=1S/C18H19N3O3/c1-3-18(13-8-5-4-6-9-13)16(23)21(17(24)19-18)12-15(22)14-10-7-11-20(14)2/h4-11H,3,12H2,1-2H3,(H,19,24)/t18-/m1/s1. The number of benzene rings is 1. The Morgan fingerprint density at radius 3 is 2.42 bits per heavy atom. The van der Waals surface area contributed by atoms with E-state index in [2.05, 4.69) is 5.32 Å². The van der Waals surface area contributed by atoms with Gasteiger partial charge in [0.2, 0.25) is 0 Å². The van der Waals surface area contributed by atoms with Gasteiger partial charge < -0.3 is 9.88 Å². The summed E-state index contributed by atoms with van der Waals surface area (Å²) in [6.07, 6.45) is 2.16. The number of aryl methyl sites for hydroxylation is 1. The molecule has 6 nitrogen and oxygen atoms in total. The third-order valence-corrected chi connectivity index (χ3v) is 4.50. The van der Waals surface area contributed by atoms with Crippen molar-refractivity contribution >= 4 is 17.7 Å². The second kappa shape index (κ2) is 5.96. The molecule has 1 aliphatic heterocycles. The maximum atomic E-state index is 12.9. The van der Waals surface area contributed by atoms with Gasteiger partial charge in [0, 0.05) is 13.2 Å². The Balaban J connectivity index is 1.89. The van der Waals surface area contributed by atoms with Crippen LogP contribution in [0.4, 0.5) is 4.79 Å². The van der Waals surface area contributed by atoms with Gasteiger partial charge in [0.15, 0.2) is 5.78 Å². The molecule has 1 aromatic carbocycles. The molecular formula is C18H19N3O3. The first-order valence-electron chi connectivity index (χ1n) is 7.84. The molecule has 0 unspecified atom stereocenters. The Labute approximate surface area is 140 Å². The number of aromatic nitrogens is 1. The Morgan fingerprint density at radius 1 is 1.12 bits per heavy atom. The number of rotatable bonds is 5. The summed E-state index contributed by atoms with van der Waals surface area (Å²) in [5.41, 5.74) is 0.0799. The van der Waals surface area contributed by atoms with E-state index in [0.29, 0.717) is 12.1 Å². The average Bonchev–Trinajstić information content (AvgIpc) is 3.12. The molecule has 2 heterocycles. The highest BCUT2D eigenvalue weighted by Gasteiger charge is 2.51. The van der Waals surface area contributed by atoms with Crippen molar-refractivity contribution in [3.8, 4) is 0 Å². The summed E-state index contributed by atoms with van der Waals surface area (Å²) in [5.74, 6) is -0.658. The fraction of sp³-hybridized carbons (Fsp3) is 0.278. The van der Waals surface area contributed by atoms with Crippen LogP contribution in [-0.2, 0) is 17.4 Å². The summed E-state index contributed by atoms with van der Waals surface area (Å²) >= 11 is 0. The molecule has 1 N–H and O–H groups in total. The number of carbonyl (C=O) groups excluding carboxylic acids is 3. The first-order chi connectivity index (χ1) is 11.5. The van der Waals surface area contributed by atoms with Gasteiger partial charge in [-0.25, -0.2) is 4.79 Å². The molecule has 0 spiro atoms. The molecule has 6 heteroatoms. The summed E-state index contributed by atoms with van der Waals surface area (Å²) in [7, 11) is 1.75. The number of carbonyl (C=O) groups is 3. The van der Waals surface area contributed by atoms with Crippen LogP contribution in [0.2, 0.25) is 0 Å². The molecule has 2 aromatic rings. The van der Waals surface area contributed by atoms with Crippen molar-refractivity contribution in [1.82, 2.24) is 14.8 Å². The maximum Gasteiger partial charge on any atom is 0.325 e. The summed E-state index contributed by atoms with van der Waals surface area (Å²) in [6.45, 7) is 1.57. The van der Waals surface area contributed by atoms with E-state index in [1.165, 1.54) is 0 Å². The molecule has 0 bridgehead atoms. The Bertz CT molecular complexity index is 797. The van der Waals surface area contributed by atoms with Crippen molar-refractivity contribution in [3.63, 3.8) is 0 Å². The van der Waals surface area contributed by atoms with E-state index in [4.69, 9.17) is 0 Å². The lowest BCUT2D eigenvalue weighted by atomic mass is 9.87. The predicted molar refractivity (Wildman–Crippen MR) is 88.4 cm³/mol. The van der Waals surface area contributed by atoms with Crippen LogP contribution < -0.4 is 5.32 Å². The van der Waals surface area contributed by atoms with Crippen molar-refractivity contribution in [1.29, 1.82) is 0 Å². The number of Topliss-reactive ketones (excluding diaryl/α,β-unsaturated/α-hetero) is 1. The maximum absolute atomic E-state index is 12.9. The van der Waals surface area contributed by atoms with E-state index in [9.17, 15) is 14.4 Å². The third kappa shape index (κ3) is 2.40. The van der Waals surface area contributed by atoms with Crippen LogP contribution >= 0.6 is 0 Å². The highest BCUT2D eigenvalue weighted by Crippen LogP contribution is 2.32. The summed E-state index contributed by atoms with van der Waals surface area (Å²) < 4.78 is 1.67. The number of hydrogen-bond acceptors (Lipinski definition) is 3. The topological polar surface area (TPSA) is 71.4 Å². The lowest BCUT2D eigenvalue weighted by molar-refractivity contribution is -0.131. The quantitative estimate of drug-likeness (QED) is 0.676. The molecule has 0 aliphatic carbocycles. The van der Waals surface area contributed by atoms with Crippen molar-refractivity contribution < 1.29 is 14.4 Å². The fourth-order valence-corrected chi connectivity index (χ4v) is 3.11. The van der Waals surface area contributed by atoms with Gasteiger partial charge in [0.1, 0.15) is 5.54 Å². The number of imide groups is 1. The lowest BCUT2D eigenvalue weighted by Crippen LogP contribution is -2.43. The summed E-state index contributed by atoms with van der Waals surface area (Å²) in [5, 5.41) is 2.78. The molecule has 3 amide bonds. The van der Waals surface area contributed by atoms with E-state index in [1.807, 2.05) is 37.3 Å². The van der Waals surface area contributed by atoms with E-state index < -0.39 is 11.6 Å². The number of urea groups is 1. The zero-order valence-corrected chi connectivity index (χ0v) is 13.7. The fourth-order valence-electron chi connectivity index (χ4n) is 3.11. The second-order valence-corrected chi connectivity index (χ2v) is 5.87. The van der Waals surface area contributed by atoms with Crippen molar-refractivity contribution in [2.45, 2.75) is 18.9 Å². The molecule has 0 radical (unpaired) electrons. The first kappa shape index (κ1) is 16.0. The van der Waals surface area contributed by atoms with Crippen LogP contribution in [0.25, 0.3) is 0 Å². The monoisotopic (exact) mass is 325 g/mol. The predicted octanol–water partition coefficient (Wildman–Crippen LogP) is 2.07. The van der Waals surface area contributed by atoms with Crippen LogP contribution in [0, 0.1) is 0 Å². The number of nitrogens with zero attached hydrogens (tertiary/aromatic N) is 2. The van der Waals surface area contributed by atoms with Gasteiger partial charge in [0.25, 0.3) is 5.91 Å². The first-order valence-corrected chi connectivity index (χ1v) is 7.84. The molecule has 124 valence electrons. The van der Waals surface area contributed by atoms with Gasteiger partial charge in [-0.1, -0.05) is 37.3 Å². The normalized spacial score (nSPS) is 20.3. The summed E-state index contributed by atoms with van der Waals surface area (Å²) in [4.78, 5) is 38.7. The average molecular weight is 325 g/mol. The highest BCUT2D eigenvalue weighted by atomic mass is 16.2. The minimum Gasteiger partial charge on any atom is -0.348 e. The number of ketones is 1. The molecule has 1 saturated heterocycles. The number of nitrogens with one attached hydrogen (secondary N) is 1. The molecular weight excluding hydrogens is 306 g/mol. The van der Waals surface area contributed by atoms with Crippen molar-refractivity contribution in [2.75, 3.05) is 6.54 Å². The molecule has 0 saturated carbocycles. The van der Waals surface area contributed by atoms with Crippen LogP contribution in [0.3, 0.4) is 0 Å². The van der Waals surface area contributed by atoms with E-state index in [-0.39, 0.29) is 18.2 Å². The molecule has 1 atom stereocenters. The van der Waals surface area contributed by atoms with Crippen LogP contribution in [-0.4, -0.2) is 33.7 Å². The van der Waals surface area contributed by atoms with Gasteiger partial charge in [-0.05, 0) is 24.1 Å². The molecule has 24 heavy (non-hydrogen) atoms. The van der Waals surface area contributed by atoms with Gasteiger partial charge in [-0.2, -0.15) is 0 Å². The molecule has 3 rings (SSSR count). The minimum atomic E-state index is -1.10. The van der Waals surface area contributed by atoms with Gasteiger partial charge in [0.05, 0.1) is 12.2 Å². The van der Waals surface area contributed by atoms with Crippen LogP contribution in [0.1, 0.15) is 29.4 Å². The van der Waals surface area contributed by atoms with Crippen LogP contribution in [0.15, 0.2) is 48.7 Å². The van der Waals surface area contributed by atoms with E-state index >= 15 is 0 Å². The highest BCUT2D eigenvalue weighted by molar-refractivity contribution is 6.11. The molecule has 1 aromatic heterocycles. The van der Waals surface area contributed by atoms with E-state index in [1.54, 1.807) is 29.9 Å². The Morgan fingerprint density at radius 2 is 1.83 bits per heavy atom.